The highest BCUT2D eigenvalue weighted by atomic mass is 16.3. The lowest BCUT2D eigenvalue weighted by atomic mass is 10.1. The van der Waals surface area contributed by atoms with E-state index in [-0.39, 0.29) is 17.9 Å². The number of hydrogen-bond donors (Lipinski definition) is 1. The Morgan fingerprint density at radius 3 is 2.43 bits per heavy atom. The summed E-state index contributed by atoms with van der Waals surface area (Å²) in [6.07, 6.45) is 4.27. The molecule has 0 spiro atoms. The van der Waals surface area contributed by atoms with Crippen molar-refractivity contribution in [2.24, 2.45) is 0 Å². The van der Waals surface area contributed by atoms with Gasteiger partial charge in [-0.2, -0.15) is 0 Å². The third-order valence-corrected chi connectivity index (χ3v) is 5.92. The molecule has 0 unspecified atom stereocenters. The van der Waals surface area contributed by atoms with Crippen LogP contribution in [0.15, 0.2) is 40.8 Å². The Labute approximate surface area is 176 Å². The molecule has 158 valence electrons. The second-order valence-electron chi connectivity index (χ2n) is 8.06. The summed E-state index contributed by atoms with van der Waals surface area (Å²) < 4.78 is 5.45. The molecule has 1 aromatic carbocycles. The van der Waals surface area contributed by atoms with E-state index in [1.165, 1.54) is 0 Å². The van der Waals surface area contributed by atoms with Crippen molar-refractivity contribution in [3.8, 4) is 0 Å². The molecule has 3 amide bonds. The van der Waals surface area contributed by atoms with Crippen LogP contribution in [-0.2, 0) is 22.7 Å². The first-order valence-corrected chi connectivity index (χ1v) is 10.5. The molecular formula is C23H27N3O4. The molecule has 1 aliphatic carbocycles. The number of carbonyl (C=O) groups is 3. The number of aryl methyl sites for hydroxylation is 1. The lowest BCUT2D eigenvalue weighted by Crippen LogP contribution is -2.56. The van der Waals surface area contributed by atoms with E-state index in [1.54, 1.807) is 21.9 Å². The van der Waals surface area contributed by atoms with Crippen LogP contribution in [0.4, 0.5) is 0 Å². The van der Waals surface area contributed by atoms with Crippen molar-refractivity contribution in [2.45, 2.75) is 51.7 Å². The van der Waals surface area contributed by atoms with Crippen molar-refractivity contribution in [1.29, 1.82) is 0 Å². The van der Waals surface area contributed by atoms with Crippen molar-refractivity contribution >= 4 is 17.7 Å². The SMILES string of the molecule is Cc1ccc(CNC(=O)c2ccc(CN3CCN(C4CCCC4)C(=O)C3=O)cc2)o1. The fraction of sp³-hybridized carbons (Fsp3) is 0.435. The van der Waals surface area contributed by atoms with Crippen LogP contribution in [0.3, 0.4) is 0 Å². The third kappa shape index (κ3) is 4.40. The van der Waals surface area contributed by atoms with Crippen molar-refractivity contribution < 1.29 is 18.8 Å². The number of carbonyl (C=O) groups excluding carboxylic acids is 3. The van der Waals surface area contributed by atoms with Crippen molar-refractivity contribution in [2.75, 3.05) is 13.1 Å². The van der Waals surface area contributed by atoms with E-state index in [1.807, 2.05) is 31.2 Å². The summed E-state index contributed by atoms with van der Waals surface area (Å²) in [5, 5.41) is 2.83. The van der Waals surface area contributed by atoms with Crippen molar-refractivity contribution in [3.05, 3.63) is 59.0 Å². The molecule has 2 aliphatic rings. The quantitative estimate of drug-likeness (QED) is 0.744. The molecule has 2 aromatic rings. The Balaban J connectivity index is 1.31. The number of nitrogens with one attached hydrogen (secondary N) is 1. The average molecular weight is 409 g/mol. The topological polar surface area (TPSA) is 82.9 Å². The fourth-order valence-electron chi connectivity index (χ4n) is 4.24. The maximum absolute atomic E-state index is 12.6. The predicted octanol–water partition coefficient (Wildman–Crippen LogP) is 2.63. The zero-order chi connectivity index (χ0) is 21.1. The molecule has 1 saturated carbocycles. The number of nitrogens with zero attached hydrogens (tertiary/aromatic N) is 2. The van der Waals surface area contributed by atoms with Crippen LogP contribution >= 0.6 is 0 Å². The first-order chi connectivity index (χ1) is 14.5. The molecule has 2 heterocycles. The number of benzene rings is 1. The van der Waals surface area contributed by atoms with Gasteiger partial charge in [0.2, 0.25) is 0 Å². The zero-order valence-electron chi connectivity index (χ0n) is 17.2. The largest absolute Gasteiger partial charge is 0.465 e. The van der Waals surface area contributed by atoms with Crippen LogP contribution in [0.5, 0.6) is 0 Å². The van der Waals surface area contributed by atoms with Gasteiger partial charge in [0, 0.05) is 31.2 Å². The summed E-state index contributed by atoms with van der Waals surface area (Å²) in [6, 6.07) is 11.0. The zero-order valence-corrected chi connectivity index (χ0v) is 17.2. The summed E-state index contributed by atoms with van der Waals surface area (Å²) in [6.45, 7) is 3.71. The van der Waals surface area contributed by atoms with Gasteiger partial charge in [0.15, 0.2) is 0 Å². The predicted molar refractivity (Wildman–Crippen MR) is 110 cm³/mol. The van der Waals surface area contributed by atoms with E-state index in [0.29, 0.717) is 37.5 Å². The van der Waals surface area contributed by atoms with Gasteiger partial charge in [0.1, 0.15) is 11.5 Å². The maximum atomic E-state index is 12.6. The minimum absolute atomic E-state index is 0.188. The van der Waals surface area contributed by atoms with E-state index < -0.39 is 5.91 Å². The Bertz CT molecular complexity index is 928. The molecule has 1 N–H and O–H groups in total. The van der Waals surface area contributed by atoms with Crippen molar-refractivity contribution in [1.82, 2.24) is 15.1 Å². The van der Waals surface area contributed by atoms with Crippen LogP contribution in [0, 0.1) is 6.92 Å². The van der Waals surface area contributed by atoms with Crippen LogP contribution in [-0.4, -0.2) is 46.7 Å². The standard InChI is InChI=1S/C23H27N3O4/c1-16-6-11-20(30-16)14-24-21(27)18-9-7-17(8-10-18)15-25-12-13-26(23(29)22(25)28)19-4-2-3-5-19/h6-11,19H,2-5,12-15H2,1H3,(H,24,27). The summed E-state index contributed by atoms with van der Waals surface area (Å²) in [7, 11) is 0. The Morgan fingerprint density at radius 2 is 1.77 bits per heavy atom. The first-order valence-electron chi connectivity index (χ1n) is 10.5. The second kappa shape index (κ2) is 8.73. The number of amides is 3. The monoisotopic (exact) mass is 409 g/mol. The van der Waals surface area contributed by atoms with Crippen LogP contribution in [0.1, 0.15) is 53.1 Å². The smallest absolute Gasteiger partial charge is 0.312 e. The Morgan fingerprint density at radius 1 is 1.03 bits per heavy atom. The van der Waals surface area contributed by atoms with E-state index in [9.17, 15) is 14.4 Å². The summed E-state index contributed by atoms with van der Waals surface area (Å²) in [4.78, 5) is 40.8. The molecule has 1 aromatic heterocycles. The van der Waals surface area contributed by atoms with E-state index >= 15 is 0 Å². The number of furan rings is 1. The van der Waals surface area contributed by atoms with E-state index in [4.69, 9.17) is 4.42 Å². The van der Waals surface area contributed by atoms with Gasteiger partial charge in [-0.3, -0.25) is 14.4 Å². The molecular weight excluding hydrogens is 382 g/mol. The molecule has 7 nitrogen and oxygen atoms in total. The normalized spacial score (nSPS) is 17.6. The number of piperazine rings is 1. The lowest BCUT2D eigenvalue weighted by Gasteiger charge is -2.37. The van der Waals surface area contributed by atoms with Crippen molar-refractivity contribution in [3.63, 3.8) is 0 Å². The lowest BCUT2D eigenvalue weighted by molar-refractivity contribution is -0.158. The minimum atomic E-state index is -0.427. The summed E-state index contributed by atoms with van der Waals surface area (Å²) in [5.41, 5.74) is 1.43. The molecule has 4 rings (SSSR count). The number of hydrogen-bond acceptors (Lipinski definition) is 4. The summed E-state index contributed by atoms with van der Waals surface area (Å²) >= 11 is 0. The van der Waals surface area contributed by atoms with Gasteiger partial charge >= 0.3 is 11.8 Å². The molecule has 0 bridgehead atoms. The fourth-order valence-corrected chi connectivity index (χ4v) is 4.24. The number of rotatable bonds is 6. The van der Waals surface area contributed by atoms with E-state index in [2.05, 4.69) is 5.32 Å². The molecule has 0 radical (unpaired) electrons. The second-order valence-corrected chi connectivity index (χ2v) is 8.06. The highest BCUT2D eigenvalue weighted by Crippen LogP contribution is 2.25. The molecule has 7 heteroatoms. The van der Waals surface area contributed by atoms with Gasteiger partial charge in [0.05, 0.1) is 6.54 Å². The highest BCUT2D eigenvalue weighted by Gasteiger charge is 2.37. The summed E-state index contributed by atoms with van der Waals surface area (Å²) in [5.74, 6) is 0.520. The maximum Gasteiger partial charge on any atom is 0.312 e. The highest BCUT2D eigenvalue weighted by molar-refractivity contribution is 6.35. The minimum Gasteiger partial charge on any atom is -0.465 e. The first kappa shape index (κ1) is 20.2. The van der Waals surface area contributed by atoms with Gasteiger partial charge in [-0.1, -0.05) is 25.0 Å². The molecule has 1 aliphatic heterocycles. The van der Waals surface area contributed by atoms with E-state index in [0.717, 1.165) is 37.0 Å². The van der Waals surface area contributed by atoms with Gasteiger partial charge in [-0.05, 0) is 49.6 Å². The van der Waals surface area contributed by atoms with Crippen LogP contribution in [0.2, 0.25) is 0 Å². The van der Waals surface area contributed by atoms with Gasteiger partial charge in [-0.15, -0.1) is 0 Å². The average Bonchev–Trinajstić information content (AvgIpc) is 3.42. The molecule has 1 saturated heterocycles. The Kier molecular flexibility index (Phi) is 5.88. The van der Waals surface area contributed by atoms with Gasteiger partial charge in [-0.25, -0.2) is 0 Å². The van der Waals surface area contributed by atoms with Crippen LogP contribution < -0.4 is 5.32 Å². The van der Waals surface area contributed by atoms with Gasteiger partial charge in [0.25, 0.3) is 5.91 Å². The molecule has 30 heavy (non-hydrogen) atoms. The Hall–Kier alpha value is -3.09. The van der Waals surface area contributed by atoms with Crippen LogP contribution in [0.25, 0.3) is 0 Å². The molecule has 0 atom stereocenters. The third-order valence-electron chi connectivity index (χ3n) is 5.92. The van der Waals surface area contributed by atoms with Gasteiger partial charge < -0.3 is 19.5 Å². The molecule has 2 fully saturated rings.